The maximum atomic E-state index is 12.7. The van der Waals surface area contributed by atoms with E-state index in [2.05, 4.69) is 35.9 Å². The van der Waals surface area contributed by atoms with Crippen molar-refractivity contribution in [2.45, 2.75) is 13.0 Å². The first-order chi connectivity index (χ1) is 18.2. The van der Waals surface area contributed by atoms with E-state index in [4.69, 9.17) is 10.1 Å². The molecular formula is C28H28N5O4S+. The Morgan fingerprint density at radius 2 is 1.92 bits per heavy atom. The zero-order valence-electron chi connectivity index (χ0n) is 21.2. The Morgan fingerprint density at radius 1 is 1.13 bits per heavy atom. The lowest BCUT2D eigenvalue weighted by atomic mass is 10.0. The lowest BCUT2D eigenvalue weighted by molar-refractivity contribution is -0.156. The molecule has 4 aromatic rings. The summed E-state index contributed by atoms with van der Waals surface area (Å²) in [5.41, 5.74) is 4.68. The van der Waals surface area contributed by atoms with Crippen LogP contribution in [0, 0.1) is 0 Å². The number of carbonyl (C=O) groups excluding carboxylic acids is 2. The zero-order valence-corrected chi connectivity index (χ0v) is 22.0. The second-order valence-corrected chi connectivity index (χ2v) is 11.3. The van der Waals surface area contributed by atoms with Gasteiger partial charge in [-0.05, 0) is 37.3 Å². The number of carbonyl (C=O) groups is 3. The Morgan fingerprint density at radius 3 is 2.68 bits per heavy atom. The molecule has 38 heavy (non-hydrogen) atoms. The lowest BCUT2D eigenvalue weighted by Gasteiger charge is -2.41. The Bertz CT molecular complexity index is 1620. The van der Waals surface area contributed by atoms with Crippen molar-refractivity contribution in [2.75, 3.05) is 45.1 Å². The van der Waals surface area contributed by atoms with E-state index in [0.717, 1.165) is 43.6 Å². The highest BCUT2D eigenvalue weighted by Gasteiger charge is 2.35. The summed E-state index contributed by atoms with van der Waals surface area (Å²) in [6.45, 7) is 4.71. The highest BCUT2D eigenvalue weighted by Crippen LogP contribution is 2.41. The third-order valence-corrected chi connectivity index (χ3v) is 8.81. The first kappa shape index (κ1) is 24.3. The van der Waals surface area contributed by atoms with E-state index in [0.29, 0.717) is 42.1 Å². The van der Waals surface area contributed by atoms with Gasteiger partial charge in [0.1, 0.15) is 23.7 Å². The summed E-state index contributed by atoms with van der Waals surface area (Å²) in [5, 5.41) is 17.6. The standard InChI is InChI=1S/C28H27N5O4S/c1-16-15-29-24-23-19-6-7-20(31-21(19)8-9-22(23)38-25(24)26(34)30-16)17-4-3-5-18(14-17)33(2)12-10-32(11-13-33)27(35)28(36)37/h3-9,14,16H,10-13,15H2,1-2H3,(H2-,29,30,34,36,37)/p+1/t16-/m1/s1. The second-order valence-electron chi connectivity index (χ2n) is 10.3. The molecule has 0 spiro atoms. The molecule has 1 atom stereocenters. The zero-order chi connectivity index (χ0) is 26.6. The van der Waals surface area contributed by atoms with Crippen LogP contribution in [0.4, 0.5) is 11.4 Å². The highest BCUT2D eigenvalue weighted by atomic mass is 32.1. The molecular weight excluding hydrogens is 502 g/mol. The number of anilines is 1. The van der Waals surface area contributed by atoms with E-state index in [1.54, 1.807) is 0 Å². The van der Waals surface area contributed by atoms with Gasteiger partial charge in [0.25, 0.3) is 5.91 Å². The number of nitrogens with zero attached hydrogens (tertiary/aromatic N) is 3. The van der Waals surface area contributed by atoms with Crippen molar-refractivity contribution in [1.82, 2.24) is 19.7 Å². The number of fused-ring (bicyclic) bond motifs is 5. The van der Waals surface area contributed by atoms with Crippen LogP contribution in [0.1, 0.15) is 16.6 Å². The van der Waals surface area contributed by atoms with Crippen LogP contribution in [0.15, 0.2) is 48.5 Å². The van der Waals surface area contributed by atoms with Crippen LogP contribution >= 0.6 is 11.3 Å². The third kappa shape index (κ3) is 4.06. The Balaban J connectivity index is 1.33. The summed E-state index contributed by atoms with van der Waals surface area (Å²) < 4.78 is 1.66. The van der Waals surface area contributed by atoms with Crippen molar-refractivity contribution in [1.29, 1.82) is 0 Å². The normalized spacial score (nSPS) is 18.9. The highest BCUT2D eigenvalue weighted by molar-refractivity contribution is 7.21. The van der Waals surface area contributed by atoms with Gasteiger partial charge in [-0.15, -0.1) is 11.3 Å². The number of pyridine rings is 1. The molecule has 0 radical (unpaired) electrons. The number of hydrogen-bond acceptors (Lipinski definition) is 6. The Kier molecular flexibility index (Phi) is 5.81. The van der Waals surface area contributed by atoms with E-state index in [1.807, 2.05) is 37.3 Å². The smallest absolute Gasteiger partial charge is 0.394 e. The van der Waals surface area contributed by atoms with Gasteiger partial charge in [0.05, 0.1) is 37.0 Å². The van der Waals surface area contributed by atoms with Crippen molar-refractivity contribution in [3.8, 4) is 11.3 Å². The molecule has 0 bridgehead atoms. The third-order valence-electron chi connectivity index (χ3n) is 7.65. The molecule has 2 aromatic heterocycles. The number of piperazine rings is 1. The SMILES string of the molecule is C[C@@H]1CNc2c(sc3ccc4nc(-c5cccc([N+]6(C)CCN(C(=O)C(=O)O)CC6)c5)ccc4c23)C(=O)N1. The van der Waals surface area contributed by atoms with Gasteiger partial charge in [0.15, 0.2) is 0 Å². The monoisotopic (exact) mass is 530 g/mol. The minimum atomic E-state index is -1.41. The molecule has 0 aliphatic carbocycles. The van der Waals surface area contributed by atoms with Crippen LogP contribution in [0.5, 0.6) is 0 Å². The average Bonchev–Trinajstić information content (AvgIpc) is 3.24. The topological polar surface area (TPSA) is 112 Å². The van der Waals surface area contributed by atoms with E-state index in [-0.39, 0.29) is 11.9 Å². The van der Waals surface area contributed by atoms with E-state index < -0.39 is 11.9 Å². The maximum Gasteiger partial charge on any atom is 0.394 e. The van der Waals surface area contributed by atoms with Gasteiger partial charge >= 0.3 is 11.9 Å². The van der Waals surface area contributed by atoms with Crippen molar-refractivity contribution in [2.24, 2.45) is 0 Å². The van der Waals surface area contributed by atoms with Crippen molar-refractivity contribution in [3.63, 3.8) is 0 Å². The van der Waals surface area contributed by atoms with E-state index in [9.17, 15) is 14.4 Å². The van der Waals surface area contributed by atoms with Crippen LogP contribution in [0.25, 0.3) is 32.2 Å². The molecule has 2 aliphatic rings. The summed E-state index contributed by atoms with van der Waals surface area (Å²) >= 11 is 1.50. The molecule has 9 nitrogen and oxygen atoms in total. The average molecular weight is 531 g/mol. The molecule has 6 rings (SSSR count). The molecule has 2 aromatic carbocycles. The number of amides is 2. The van der Waals surface area contributed by atoms with Gasteiger partial charge < -0.3 is 20.6 Å². The number of nitrogens with one attached hydrogen (secondary N) is 2. The van der Waals surface area contributed by atoms with E-state index >= 15 is 0 Å². The molecule has 1 fully saturated rings. The predicted octanol–water partition coefficient (Wildman–Crippen LogP) is 3.52. The summed E-state index contributed by atoms with van der Waals surface area (Å²) in [6.07, 6.45) is 0. The van der Waals surface area contributed by atoms with Gasteiger partial charge in [-0.2, -0.15) is 0 Å². The molecule has 2 aliphatic heterocycles. The fourth-order valence-electron chi connectivity index (χ4n) is 5.39. The molecule has 0 unspecified atom stereocenters. The number of thiophene rings is 1. The van der Waals surface area contributed by atoms with Crippen LogP contribution in [-0.4, -0.2) is 78.6 Å². The van der Waals surface area contributed by atoms with Crippen LogP contribution in [-0.2, 0) is 9.59 Å². The largest absolute Gasteiger partial charge is 0.474 e. The fraction of sp³-hybridized carbons (Fsp3) is 0.286. The number of aliphatic carboxylic acids is 1. The molecule has 4 heterocycles. The molecule has 194 valence electrons. The number of quaternary nitrogens is 1. The summed E-state index contributed by atoms with van der Waals surface area (Å²) in [4.78, 5) is 42.8. The van der Waals surface area contributed by atoms with Gasteiger partial charge in [-0.3, -0.25) is 14.1 Å². The van der Waals surface area contributed by atoms with Crippen LogP contribution < -0.4 is 15.1 Å². The first-order valence-corrected chi connectivity index (χ1v) is 13.4. The Hall–Kier alpha value is -4.02. The number of carboxylic acids is 1. The molecule has 1 saturated heterocycles. The maximum absolute atomic E-state index is 12.7. The number of hydrogen-bond donors (Lipinski definition) is 3. The van der Waals surface area contributed by atoms with Gasteiger partial charge in [0.2, 0.25) is 0 Å². The molecule has 0 saturated carbocycles. The lowest BCUT2D eigenvalue weighted by Crippen LogP contribution is -2.60. The van der Waals surface area contributed by atoms with Gasteiger partial charge in [0, 0.05) is 39.7 Å². The van der Waals surface area contributed by atoms with Crippen molar-refractivity contribution < 1.29 is 19.5 Å². The summed E-state index contributed by atoms with van der Waals surface area (Å²) in [5.74, 6) is -2.29. The summed E-state index contributed by atoms with van der Waals surface area (Å²) in [7, 11) is 2.11. The van der Waals surface area contributed by atoms with E-state index in [1.165, 1.54) is 16.2 Å². The number of rotatable bonds is 2. The van der Waals surface area contributed by atoms with Crippen LogP contribution in [0.2, 0.25) is 0 Å². The van der Waals surface area contributed by atoms with Crippen molar-refractivity contribution in [3.05, 3.63) is 53.4 Å². The fourth-order valence-corrected chi connectivity index (χ4v) is 6.49. The number of aromatic nitrogens is 1. The second kappa shape index (κ2) is 9.07. The quantitative estimate of drug-likeness (QED) is 0.270. The minimum Gasteiger partial charge on any atom is -0.474 e. The summed E-state index contributed by atoms with van der Waals surface area (Å²) in [6, 6.07) is 16.5. The van der Waals surface area contributed by atoms with Gasteiger partial charge in [-0.1, -0.05) is 12.1 Å². The van der Waals surface area contributed by atoms with Gasteiger partial charge in [-0.25, -0.2) is 9.78 Å². The number of likely N-dealkylation sites (N-methyl/N-ethyl adjacent to an activating group) is 1. The number of benzene rings is 2. The van der Waals surface area contributed by atoms with Crippen molar-refractivity contribution >= 4 is 61.5 Å². The molecule has 2 amide bonds. The minimum absolute atomic E-state index is 0.0435. The first-order valence-electron chi connectivity index (χ1n) is 12.6. The number of carboxylic acid groups (broad SMARTS) is 1. The van der Waals surface area contributed by atoms with Crippen LogP contribution in [0.3, 0.4) is 0 Å². The Labute approximate surface area is 223 Å². The predicted molar refractivity (Wildman–Crippen MR) is 150 cm³/mol. The molecule has 10 heteroatoms. The molecule has 3 N–H and O–H groups in total.